The van der Waals surface area contributed by atoms with Gasteiger partial charge in [-0.05, 0) is 64.5 Å². The zero-order chi connectivity index (χ0) is 28.3. The molecule has 202 valence electrons. The van der Waals surface area contributed by atoms with Crippen molar-refractivity contribution in [3.63, 3.8) is 0 Å². The molecule has 0 atom stereocenters. The fraction of sp³-hybridized carbons (Fsp3) is 0. The number of nitrogens with zero attached hydrogens (tertiary/aromatic N) is 1. The molecule has 1 aromatic heterocycles. The maximum absolute atomic E-state index is 6.71. The lowest BCUT2D eigenvalue weighted by Crippen LogP contribution is -2.10. The van der Waals surface area contributed by atoms with E-state index in [9.17, 15) is 0 Å². The molecule has 1 aliphatic heterocycles. The number of fused-ring (bicyclic) bond motifs is 5. The van der Waals surface area contributed by atoms with Crippen molar-refractivity contribution in [2.45, 2.75) is 0 Å². The van der Waals surface area contributed by atoms with Gasteiger partial charge in [-0.25, -0.2) is 0 Å². The van der Waals surface area contributed by atoms with Crippen LogP contribution in [0.3, 0.4) is 0 Å². The van der Waals surface area contributed by atoms with Gasteiger partial charge >= 0.3 is 0 Å². The van der Waals surface area contributed by atoms with Crippen LogP contribution in [0.25, 0.3) is 53.2 Å². The molecule has 0 saturated heterocycles. The summed E-state index contributed by atoms with van der Waals surface area (Å²) in [7, 11) is 0. The van der Waals surface area contributed by atoms with Crippen LogP contribution in [0.1, 0.15) is 0 Å². The Balaban J connectivity index is 1.23. The van der Waals surface area contributed by atoms with E-state index in [1.54, 1.807) is 0 Å². The van der Waals surface area contributed by atoms with Crippen molar-refractivity contribution in [1.29, 1.82) is 0 Å². The first-order valence-electron chi connectivity index (χ1n) is 14.5. The third kappa shape index (κ3) is 3.79. The van der Waals surface area contributed by atoms with Crippen LogP contribution in [0.5, 0.6) is 11.5 Å². The largest absolute Gasteiger partial charge is 0.456 e. The zero-order valence-corrected chi connectivity index (χ0v) is 24.0. The van der Waals surface area contributed by atoms with Crippen LogP contribution in [0.15, 0.2) is 152 Å². The molecule has 0 bridgehead atoms. The monoisotopic (exact) mass is 567 g/mol. The third-order valence-corrected chi connectivity index (χ3v) is 9.67. The maximum Gasteiger partial charge on any atom is 0.137 e. The Morgan fingerprint density at radius 2 is 1.19 bits per heavy atom. The molecule has 9 rings (SSSR count). The van der Waals surface area contributed by atoms with Gasteiger partial charge in [0.25, 0.3) is 0 Å². The Bertz CT molecular complexity index is 2320. The van der Waals surface area contributed by atoms with E-state index in [2.05, 4.69) is 157 Å². The van der Waals surface area contributed by atoms with Gasteiger partial charge in [0.05, 0.1) is 10.4 Å². The van der Waals surface area contributed by atoms with Crippen LogP contribution < -0.4 is 9.64 Å². The van der Waals surface area contributed by atoms with E-state index in [4.69, 9.17) is 4.74 Å². The number of para-hydroxylation sites is 1. The van der Waals surface area contributed by atoms with Crippen LogP contribution in [0.2, 0.25) is 0 Å². The summed E-state index contributed by atoms with van der Waals surface area (Å²) < 4.78 is 9.28. The van der Waals surface area contributed by atoms with Gasteiger partial charge in [-0.2, -0.15) is 0 Å². The molecular formula is C40H25NOS. The van der Waals surface area contributed by atoms with Gasteiger partial charge in [-0.3, -0.25) is 0 Å². The van der Waals surface area contributed by atoms with E-state index in [1.165, 1.54) is 47.6 Å². The standard InChI is InChI=1S/C40H25NOS/c1-3-11-26(12-4-1)29-23-24-36-39-32(29)16-9-17-33(39)30-22-21-28(25-37(30)42-36)41(27-13-5-2-6-14-27)35-19-10-18-34-31-15-7-8-20-38(31)43-40(34)35/h1-25H. The van der Waals surface area contributed by atoms with Crippen molar-refractivity contribution in [3.8, 4) is 33.8 Å². The summed E-state index contributed by atoms with van der Waals surface area (Å²) in [6.45, 7) is 0. The van der Waals surface area contributed by atoms with Gasteiger partial charge in [0, 0.05) is 43.9 Å². The van der Waals surface area contributed by atoms with Gasteiger partial charge < -0.3 is 9.64 Å². The Morgan fingerprint density at radius 1 is 0.465 bits per heavy atom. The van der Waals surface area contributed by atoms with Crippen molar-refractivity contribution in [3.05, 3.63) is 152 Å². The first kappa shape index (κ1) is 24.2. The highest BCUT2D eigenvalue weighted by molar-refractivity contribution is 7.26. The molecule has 0 radical (unpaired) electrons. The van der Waals surface area contributed by atoms with Gasteiger partial charge in [-0.1, -0.05) is 103 Å². The van der Waals surface area contributed by atoms with Crippen LogP contribution in [0, 0.1) is 0 Å². The van der Waals surface area contributed by atoms with Crippen molar-refractivity contribution < 1.29 is 4.74 Å². The van der Waals surface area contributed by atoms with Gasteiger partial charge in [0.2, 0.25) is 0 Å². The van der Waals surface area contributed by atoms with Crippen LogP contribution in [0.4, 0.5) is 17.1 Å². The minimum atomic E-state index is 0.870. The molecule has 3 heteroatoms. The molecule has 8 aromatic rings. The minimum absolute atomic E-state index is 0.870. The quantitative estimate of drug-likeness (QED) is 0.210. The average Bonchev–Trinajstić information content (AvgIpc) is 3.46. The summed E-state index contributed by atoms with van der Waals surface area (Å²) in [5, 5.41) is 4.95. The topological polar surface area (TPSA) is 12.5 Å². The first-order valence-corrected chi connectivity index (χ1v) is 15.3. The third-order valence-electron chi connectivity index (χ3n) is 8.46. The number of ether oxygens (including phenoxy) is 1. The zero-order valence-electron chi connectivity index (χ0n) is 23.2. The lowest BCUT2D eigenvalue weighted by Gasteiger charge is -2.28. The molecule has 43 heavy (non-hydrogen) atoms. The molecule has 7 aromatic carbocycles. The van der Waals surface area contributed by atoms with E-state index >= 15 is 0 Å². The smallest absolute Gasteiger partial charge is 0.137 e. The molecular weight excluding hydrogens is 543 g/mol. The summed E-state index contributed by atoms with van der Waals surface area (Å²) in [6, 6.07) is 54.0. The molecule has 0 amide bonds. The highest BCUT2D eigenvalue weighted by Gasteiger charge is 2.24. The SMILES string of the molecule is c1ccc(-c2ccc3c4c(cccc24)-c2ccc(N(c4ccccc4)c4cccc5c4sc4ccccc45)cc2O3)cc1. The van der Waals surface area contributed by atoms with E-state index in [1.807, 2.05) is 11.3 Å². The number of anilines is 3. The highest BCUT2D eigenvalue weighted by Crippen LogP contribution is 2.51. The summed E-state index contributed by atoms with van der Waals surface area (Å²) in [4.78, 5) is 2.36. The van der Waals surface area contributed by atoms with Crippen LogP contribution in [-0.2, 0) is 0 Å². The second kappa shape index (κ2) is 9.59. The number of benzene rings is 7. The fourth-order valence-electron chi connectivity index (χ4n) is 6.54. The molecule has 0 saturated carbocycles. The first-order chi connectivity index (χ1) is 21.3. The number of rotatable bonds is 4. The summed E-state index contributed by atoms with van der Waals surface area (Å²) in [5.41, 5.74) is 8.08. The fourth-order valence-corrected chi connectivity index (χ4v) is 7.75. The summed E-state index contributed by atoms with van der Waals surface area (Å²) in [5.74, 6) is 1.77. The second-order valence-electron chi connectivity index (χ2n) is 10.9. The minimum Gasteiger partial charge on any atom is -0.456 e. The molecule has 0 unspecified atom stereocenters. The molecule has 2 nitrogen and oxygen atoms in total. The number of hydrogen-bond acceptors (Lipinski definition) is 3. The lowest BCUT2D eigenvalue weighted by atomic mass is 9.90. The van der Waals surface area contributed by atoms with Crippen LogP contribution in [-0.4, -0.2) is 0 Å². The van der Waals surface area contributed by atoms with Crippen molar-refractivity contribution >= 4 is 59.3 Å². The Morgan fingerprint density at radius 3 is 2.07 bits per heavy atom. The highest BCUT2D eigenvalue weighted by atomic mass is 32.1. The van der Waals surface area contributed by atoms with Gasteiger partial charge in [0.1, 0.15) is 11.5 Å². The average molecular weight is 568 g/mol. The Labute approximate surface area is 253 Å². The van der Waals surface area contributed by atoms with Crippen molar-refractivity contribution in [2.24, 2.45) is 0 Å². The molecule has 1 aliphatic rings. The van der Waals surface area contributed by atoms with E-state index in [0.29, 0.717) is 0 Å². The molecule has 0 fully saturated rings. The second-order valence-corrected chi connectivity index (χ2v) is 12.0. The Kier molecular flexibility index (Phi) is 5.40. The van der Waals surface area contributed by atoms with Crippen molar-refractivity contribution in [1.82, 2.24) is 0 Å². The Hall–Kier alpha value is -5.38. The van der Waals surface area contributed by atoms with Crippen molar-refractivity contribution in [2.75, 3.05) is 4.90 Å². The lowest BCUT2D eigenvalue weighted by molar-refractivity contribution is 0.487. The van der Waals surface area contributed by atoms with E-state index in [0.717, 1.165) is 34.1 Å². The van der Waals surface area contributed by atoms with E-state index < -0.39 is 0 Å². The molecule has 0 spiro atoms. The molecule has 2 heterocycles. The van der Waals surface area contributed by atoms with Crippen LogP contribution >= 0.6 is 11.3 Å². The molecule has 0 N–H and O–H groups in total. The normalized spacial score (nSPS) is 11.9. The van der Waals surface area contributed by atoms with Gasteiger partial charge in [-0.15, -0.1) is 11.3 Å². The number of hydrogen-bond donors (Lipinski definition) is 0. The molecule has 0 aliphatic carbocycles. The van der Waals surface area contributed by atoms with E-state index in [-0.39, 0.29) is 0 Å². The summed E-state index contributed by atoms with van der Waals surface area (Å²) in [6.07, 6.45) is 0. The predicted octanol–water partition coefficient (Wildman–Crippen LogP) is 12.1. The predicted molar refractivity (Wildman–Crippen MR) is 182 cm³/mol. The maximum atomic E-state index is 6.71. The number of thiophene rings is 1. The summed E-state index contributed by atoms with van der Waals surface area (Å²) >= 11 is 1.85. The van der Waals surface area contributed by atoms with Gasteiger partial charge in [0.15, 0.2) is 0 Å².